The average molecular weight is 1090 g/mol. The molecule has 28 heteroatoms. The number of nitrogens with two attached hydrogens (primary N) is 1. The van der Waals surface area contributed by atoms with Crippen LogP contribution in [0.4, 0.5) is 5.82 Å². The van der Waals surface area contributed by atoms with Crippen LogP contribution in [0.1, 0.15) is 149 Å². The number of ether oxygens (including phenoxy) is 1. The third-order valence-corrected chi connectivity index (χ3v) is 15.4. The molecule has 3 rings (SSSR count). The lowest BCUT2D eigenvalue weighted by atomic mass is 9.87. The summed E-state index contributed by atoms with van der Waals surface area (Å²) < 4.78 is 62.5. The van der Waals surface area contributed by atoms with Gasteiger partial charge in [-0.25, -0.2) is 28.6 Å². The van der Waals surface area contributed by atoms with Crippen molar-refractivity contribution in [2.45, 2.75) is 173 Å². The molecule has 1 saturated heterocycles. The number of nitrogens with zero attached hydrogens (tertiary/aromatic N) is 4. The van der Waals surface area contributed by atoms with E-state index in [2.05, 4.69) is 41.3 Å². The van der Waals surface area contributed by atoms with Gasteiger partial charge < -0.3 is 50.9 Å². The van der Waals surface area contributed by atoms with E-state index in [0.29, 0.717) is 5.75 Å². The van der Waals surface area contributed by atoms with E-state index in [1.807, 2.05) is 6.08 Å². The Balaban J connectivity index is 1.26. The number of imidazole rings is 1. The minimum Gasteiger partial charge on any atom is -0.386 e. The molecule has 2 unspecified atom stereocenters. The highest BCUT2D eigenvalue weighted by Crippen LogP contribution is 2.61. The van der Waals surface area contributed by atoms with E-state index >= 15 is 0 Å². The predicted molar refractivity (Wildman–Crippen MR) is 265 cm³/mol. The van der Waals surface area contributed by atoms with Gasteiger partial charge in [0, 0.05) is 30.7 Å². The van der Waals surface area contributed by atoms with Gasteiger partial charge in [-0.1, -0.05) is 141 Å². The molecular formula is C43H76N7O17P3S. The summed E-state index contributed by atoms with van der Waals surface area (Å²) in [7, 11) is -16.4. The first-order valence-corrected chi connectivity index (χ1v) is 29.8. The van der Waals surface area contributed by atoms with Gasteiger partial charge >= 0.3 is 23.5 Å². The van der Waals surface area contributed by atoms with Gasteiger partial charge in [0.2, 0.25) is 16.9 Å². The first kappa shape index (κ1) is 62.6. The first-order valence-electron chi connectivity index (χ1n) is 24.3. The number of thioether (sulfide) groups is 1. The van der Waals surface area contributed by atoms with E-state index in [4.69, 9.17) is 19.5 Å². The number of fused-ring (bicyclic) bond motifs is 1. The van der Waals surface area contributed by atoms with Gasteiger partial charge in [-0.3, -0.25) is 32.5 Å². The van der Waals surface area contributed by atoms with Crippen molar-refractivity contribution in [3.8, 4) is 0 Å². The van der Waals surface area contributed by atoms with E-state index < -0.39 is 84.6 Å². The summed E-state index contributed by atoms with van der Waals surface area (Å²) in [6, 6.07) is 0. The standard InChI is InChI=1S/C43H76N7O17P3S/c1-4-5-6-7-8-9-10-11-12-13-14-15-16-17-18-19-20-21-22-23-34(52)71-27-26-45-33(51)24-25-46-41(55)38(54)43(2,3)29-64-70(61,62)67-69(59,60)63-28-32-37(66-68(56,57)58)36(53)42(65-32)50-31-49-35-39(44)47-30-48-40(35)50/h22-23,30-32,36-38,42,53-54H,4-21,24-29H2,1-3H3,(H,45,51)(H,46,55)(H,59,60)(H,61,62)(H2,44,47,48)(H2,56,57,58)/t32-,36-,37-,38+,42-/m1/s1. The van der Waals surface area contributed by atoms with Crippen LogP contribution in [0.5, 0.6) is 0 Å². The largest absolute Gasteiger partial charge is 0.481 e. The van der Waals surface area contributed by atoms with Gasteiger partial charge in [0.15, 0.2) is 17.7 Å². The minimum atomic E-state index is -5.58. The number of carbonyl (C=O) groups is 3. The molecule has 406 valence electrons. The zero-order valence-corrected chi connectivity index (χ0v) is 44.5. The molecule has 0 radical (unpaired) electrons. The van der Waals surface area contributed by atoms with Gasteiger partial charge in [-0.05, 0) is 18.9 Å². The fourth-order valence-corrected chi connectivity index (χ4v) is 10.9. The molecule has 0 aliphatic carbocycles. The van der Waals surface area contributed by atoms with Crippen LogP contribution in [-0.2, 0) is 50.7 Å². The van der Waals surface area contributed by atoms with E-state index in [-0.39, 0.29) is 41.6 Å². The van der Waals surface area contributed by atoms with Crippen molar-refractivity contribution < 1.29 is 80.5 Å². The maximum Gasteiger partial charge on any atom is 0.481 e. The summed E-state index contributed by atoms with van der Waals surface area (Å²) in [5, 5.41) is 26.5. The molecule has 1 fully saturated rings. The Morgan fingerprint density at radius 3 is 2.03 bits per heavy atom. The van der Waals surface area contributed by atoms with Crippen molar-refractivity contribution in [2.75, 3.05) is 37.8 Å². The highest BCUT2D eigenvalue weighted by molar-refractivity contribution is 8.14. The number of nitrogen functional groups attached to an aromatic ring is 1. The molecule has 2 aromatic heterocycles. The Labute approximate surface area is 419 Å². The molecule has 71 heavy (non-hydrogen) atoms. The molecule has 0 spiro atoms. The number of unbranched alkanes of at least 4 members (excludes halogenated alkanes) is 17. The third-order valence-electron chi connectivity index (χ3n) is 11.5. The molecule has 2 amide bonds. The highest BCUT2D eigenvalue weighted by atomic mass is 32.2. The predicted octanol–water partition coefficient (Wildman–Crippen LogP) is 6.26. The van der Waals surface area contributed by atoms with E-state index in [0.717, 1.165) is 48.2 Å². The molecule has 24 nitrogen and oxygen atoms in total. The Morgan fingerprint density at radius 1 is 0.859 bits per heavy atom. The van der Waals surface area contributed by atoms with Crippen molar-refractivity contribution in [2.24, 2.45) is 5.41 Å². The number of hydrogen-bond donors (Lipinski definition) is 9. The SMILES string of the molecule is CCCCCCCCCCCCCCCCCCCC=CC(=O)SCCNC(=O)CCNC(=O)[C@H](O)C(C)(C)COP(=O)(O)OP(=O)(O)OC[C@H]1O[C@@H](n2cnc3c(N)ncnc32)[C@H](O)[C@@H]1OP(=O)(O)O. The number of anilines is 1. The molecule has 7 atom stereocenters. The number of amides is 2. The number of allylic oxidation sites excluding steroid dienone is 1. The van der Waals surface area contributed by atoms with E-state index in [9.17, 15) is 57.9 Å². The lowest BCUT2D eigenvalue weighted by Gasteiger charge is -2.30. The number of aliphatic hydroxyl groups excluding tert-OH is 2. The number of carbonyl (C=O) groups excluding carboxylic acids is 3. The highest BCUT2D eigenvalue weighted by Gasteiger charge is 2.50. The summed E-state index contributed by atoms with van der Waals surface area (Å²) >= 11 is 1.07. The number of phosphoric acid groups is 3. The summed E-state index contributed by atoms with van der Waals surface area (Å²) in [6.45, 7) is 2.78. The van der Waals surface area contributed by atoms with Crippen LogP contribution in [0.25, 0.3) is 11.2 Å². The van der Waals surface area contributed by atoms with Gasteiger partial charge in [0.1, 0.15) is 36.3 Å². The number of aromatic nitrogens is 4. The average Bonchev–Trinajstić information content (AvgIpc) is 3.86. The minimum absolute atomic E-state index is 0.0329. The van der Waals surface area contributed by atoms with Crippen LogP contribution in [0, 0.1) is 5.41 Å². The zero-order chi connectivity index (χ0) is 52.5. The number of nitrogens with one attached hydrogen (secondary N) is 2. The number of phosphoric ester groups is 3. The second kappa shape index (κ2) is 31.9. The Bertz CT molecular complexity index is 2120. The normalized spacial score (nSPS) is 19.7. The molecule has 1 aliphatic rings. The first-order chi connectivity index (χ1) is 33.6. The third kappa shape index (κ3) is 24.5. The smallest absolute Gasteiger partial charge is 0.386 e. The van der Waals surface area contributed by atoms with Crippen LogP contribution in [-0.4, -0.2) is 123 Å². The molecule has 2 aromatic rings. The number of hydrogen-bond acceptors (Lipinski definition) is 18. The quantitative estimate of drug-likeness (QED) is 0.0203. The molecule has 10 N–H and O–H groups in total. The zero-order valence-electron chi connectivity index (χ0n) is 41.0. The number of rotatable bonds is 38. The fourth-order valence-electron chi connectivity index (χ4n) is 7.50. The van der Waals surface area contributed by atoms with Crippen molar-refractivity contribution in [3.05, 3.63) is 24.8 Å². The van der Waals surface area contributed by atoms with Gasteiger partial charge in [-0.15, -0.1) is 0 Å². The van der Waals surface area contributed by atoms with Gasteiger partial charge in [0.05, 0.1) is 19.5 Å². The van der Waals surface area contributed by atoms with E-state index in [1.54, 1.807) is 6.08 Å². The van der Waals surface area contributed by atoms with E-state index in [1.165, 1.54) is 110 Å². The van der Waals surface area contributed by atoms with Crippen LogP contribution in [0.2, 0.25) is 0 Å². The van der Waals surface area contributed by atoms with Crippen molar-refractivity contribution in [3.63, 3.8) is 0 Å². The molecule has 0 bridgehead atoms. The summed E-state index contributed by atoms with van der Waals surface area (Å²) in [4.78, 5) is 88.4. The van der Waals surface area contributed by atoms with Crippen LogP contribution in [0.15, 0.2) is 24.8 Å². The van der Waals surface area contributed by atoms with Crippen molar-refractivity contribution in [1.82, 2.24) is 30.2 Å². The van der Waals surface area contributed by atoms with Crippen molar-refractivity contribution >= 4 is 69.1 Å². The van der Waals surface area contributed by atoms with Crippen molar-refractivity contribution in [1.29, 1.82) is 0 Å². The van der Waals surface area contributed by atoms with Crippen LogP contribution in [0.3, 0.4) is 0 Å². The van der Waals surface area contributed by atoms with Crippen LogP contribution >= 0.6 is 35.2 Å². The topological polar surface area (TPSA) is 364 Å². The molecule has 0 saturated carbocycles. The second-order valence-electron chi connectivity index (χ2n) is 18.1. The summed E-state index contributed by atoms with van der Waals surface area (Å²) in [6.07, 6.45) is 19.6. The van der Waals surface area contributed by atoms with Crippen LogP contribution < -0.4 is 16.4 Å². The monoisotopic (exact) mass is 1090 g/mol. The molecular weight excluding hydrogens is 1010 g/mol. The second-order valence-corrected chi connectivity index (χ2v) is 23.4. The Morgan fingerprint density at radius 2 is 1.44 bits per heavy atom. The Hall–Kier alpha value is -2.70. The molecule has 3 heterocycles. The number of aliphatic hydroxyl groups is 2. The maximum absolute atomic E-state index is 12.8. The Kier molecular flexibility index (Phi) is 28.1. The van der Waals surface area contributed by atoms with Gasteiger partial charge in [-0.2, -0.15) is 4.31 Å². The summed E-state index contributed by atoms with van der Waals surface area (Å²) in [5.41, 5.74) is 4.29. The lowest BCUT2D eigenvalue weighted by Crippen LogP contribution is -2.46. The summed E-state index contributed by atoms with van der Waals surface area (Å²) in [5.74, 6) is -1.09. The molecule has 1 aliphatic heterocycles. The maximum atomic E-state index is 12.8. The fraction of sp³-hybridized carbons (Fsp3) is 0.767. The molecule has 0 aromatic carbocycles. The lowest BCUT2D eigenvalue weighted by molar-refractivity contribution is -0.137. The van der Waals surface area contributed by atoms with Gasteiger partial charge in [0.25, 0.3) is 0 Å².